The standard InChI is InChI=1S/C17H24N2O/c1-13(2)10-17(20)19-15-8-9-16(19)12-18(11-15)14-6-4-3-5-7-14/h3-7,13,15-16H,8-12H2,1-2H3. The fourth-order valence-electron chi connectivity index (χ4n) is 3.61. The predicted molar refractivity (Wildman–Crippen MR) is 81.8 cm³/mol. The van der Waals surface area contributed by atoms with Gasteiger partial charge >= 0.3 is 0 Å². The summed E-state index contributed by atoms with van der Waals surface area (Å²) in [5.74, 6) is 0.814. The minimum Gasteiger partial charge on any atom is -0.367 e. The number of amides is 1. The normalized spacial score (nSPS) is 25.4. The highest BCUT2D eigenvalue weighted by atomic mass is 16.2. The molecule has 3 rings (SSSR count). The molecule has 1 aromatic rings. The van der Waals surface area contributed by atoms with Gasteiger partial charge in [-0.05, 0) is 30.9 Å². The number of carbonyl (C=O) groups excluding carboxylic acids is 1. The van der Waals surface area contributed by atoms with Crippen LogP contribution in [0.5, 0.6) is 0 Å². The first-order chi connectivity index (χ1) is 9.65. The summed E-state index contributed by atoms with van der Waals surface area (Å²) in [4.78, 5) is 17.1. The number of anilines is 1. The molecule has 2 unspecified atom stereocenters. The van der Waals surface area contributed by atoms with Crippen molar-refractivity contribution in [2.75, 3.05) is 18.0 Å². The summed E-state index contributed by atoms with van der Waals surface area (Å²) in [6.07, 6.45) is 3.02. The Kier molecular flexibility index (Phi) is 3.68. The molecule has 108 valence electrons. The smallest absolute Gasteiger partial charge is 0.223 e. The first-order valence-corrected chi connectivity index (χ1v) is 7.76. The van der Waals surface area contributed by atoms with Crippen LogP contribution in [-0.2, 0) is 4.79 Å². The van der Waals surface area contributed by atoms with Crippen molar-refractivity contribution >= 4 is 11.6 Å². The maximum Gasteiger partial charge on any atom is 0.223 e. The third-order valence-corrected chi connectivity index (χ3v) is 4.47. The summed E-state index contributed by atoms with van der Waals surface area (Å²) >= 11 is 0. The zero-order valence-corrected chi connectivity index (χ0v) is 12.5. The van der Waals surface area contributed by atoms with E-state index in [0.29, 0.717) is 30.3 Å². The lowest BCUT2D eigenvalue weighted by Crippen LogP contribution is -2.56. The molecule has 2 saturated heterocycles. The number of benzene rings is 1. The fourth-order valence-corrected chi connectivity index (χ4v) is 3.61. The number of fused-ring (bicyclic) bond motifs is 2. The molecule has 0 radical (unpaired) electrons. The molecule has 0 aliphatic carbocycles. The lowest BCUT2D eigenvalue weighted by atomic mass is 10.1. The van der Waals surface area contributed by atoms with Crippen LogP contribution < -0.4 is 4.90 Å². The Morgan fingerprint density at radius 1 is 1.15 bits per heavy atom. The van der Waals surface area contributed by atoms with E-state index in [1.54, 1.807) is 0 Å². The van der Waals surface area contributed by atoms with E-state index < -0.39 is 0 Å². The maximum atomic E-state index is 12.4. The molecular formula is C17H24N2O. The maximum absolute atomic E-state index is 12.4. The molecule has 2 bridgehead atoms. The number of hydrogen-bond acceptors (Lipinski definition) is 2. The predicted octanol–water partition coefficient (Wildman–Crippen LogP) is 2.91. The van der Waals surface area contributed by atoms with Gasteiger partial charge in [-0.2, -0.15) is 0 Å². The molecule has 0 spiro atoms. The van der Waals surface area contributed by atoms with Gasteiger partial charge < -0.3 is 9.80 Å². The van der Waals surface area contributed by atoms with Crippen LogP contribution in [0.2, 0.25) is 0 Å². The van der Waals surface area contributed by atoms with E-state index in [2.05, 4.69) is 54.0 Å². The average Bonchev–Trinajstić information content (AvgIpc) is 2.70. The van der Waals surface area contributed by atoms with Crippen LogP contribution in [0.25, 0.3) is 0 Å². The topological polar surface area (TPSA) is 23.6 Å². The first-order valence-electron chi connectivity index (χ1n) is 7.76. The number of carbonyl (C=O) groups is 1. The van der Waals surface area contributed by atoms with E-state index in [9.17, 15) is 4.79 Å². The molecule has 2 aliphatic heterocycles. The van der Waals surface area contributed by atoms with Gasteiger partial charge in [-0.25, -0.2) is 0 Å². The van der Waals surface area contributed by atoms with Crippen molar-refractivity contribution in [2.45, 2.75) is 45.2 Å². The van der Waals surface area contributed by atoms with Crippen LogP contribution in [0.15, 0.2) is 30.3 Å². The van der Waals surface area contributed by atoms with E-state index >= 15 is 0 Å². The van der Waals surface area contributed by atoms with E-state index in [-0.39, 0.29) is 0 Å². The largest absolute Gasteiger partial charge is 0.367 e. The number of nitrogens with zero attached hydrogens (tertiary/aromatic N) is 2. The molecule has 2 fully saturated rings. The van der Waals surface area contributed by atoms with Crippen molar-refractivity contribution in [1.82, 2.24) is 4.90 Å². The van der Waals surface area contributed by atoms with Crippen LogP contribution >= 0.6 is 0 Å². The fraction of sp³-hybridized carbons (Fsp3) is 0.588. The lowest BCUT2D eigenvalue weighted by molar-refractivity contribution is -0.135. The number of rotatable bonds is 3. The highest BCUT2D eigenvalue weighted by Gasteiger charge is 2.42. The quantitative estimate of drug-likeness (QED) is 0.844. The first kappa shape index (κ1) is 13.5. The SMILES string of the molecule is CC(C)CC(=O)N1C2CCC1CN(c1ccccc1)C2. The number of hydrogen-bond donors (Lipinski definition) is 0. The van der Waals surface area contributed by atoms with Gasteiger partial charge in [-0.3, -0.25) is 4.79 Å². The Labute approximate surface area is 121 Å². The molecule has 3 nitrogen and oxygen atoms in total. The van der Waals surface area contributed by atoms with E-state index in [4.69, 9.17) is 0 Å². The van der Waals surface area contributed by atoms with Crippen LogP contribution in [0.4, 0.5) is 5.69 Å². The second-order valence-corrected chi connectivity index (χ2v) is 6.52. The van der Waals surface area contributed by atoms with Crippen molar-refractivity contribution < 1.29 is 4.79 Å². The van der Waals surface area contributed by atoms with Crippen molar-refractivity contribution in [3.8, 4) is 0 Å². The minimum atomic E-state index is 0.361. The molecular weight excluding hydrogens is 248 g/mol. The molecule has 0 N–H and O–H groups in total. The highest BCUT2D eigenvalue weighted by Crippen LogP contribution is 2.33. The molecule has 3 heteroatoms. The zero-order chi connectivity index (χ0) is 14.1. The van der Waals surface area contributed by atoms with E-state index in [1.807, 2.05) is 0 Å². The van der Waals surface area contributed by atoms with Crippen molar-refractivity contribution in [3.05, 3.63) is 30.3 Å². The summed E-state index contributed by atoms with van der Waals surface area (Å²) in [6, 6.07) is 11.4. The summed E-state index contributed by atoms with van der Waals surface area (Å²) in [5, 5.41) is 0. The van der Waals surface area contributed by atoms with Gasteiger partial charge in [-0.15, -0.1) is 0 Å². The molecule has 2 heterocycles. The van der Waals surface area contributed by atoms with Gasteiger partial charge in [0.25, 0.3) is 0 Å². The zero-order valence-electron chi connectivity index (χ0n) is 12.5. The molecule has 0 aromatic heterocycles. The lowest BCUT2D eigenvalue weighted by Gasteiger charge is -2.42. The van der Waals surface area contributed by atoms with Gasteiger partial charge in [0.05, 0.1) is 0 Å². The number of para-hydroxylation sites is 1. The van der Waals surface area contributed by atoms with Gasteiger partial charge in [0.15, 0.2) is 0 Å². The van der Waals surface area contributed by atoms with Gasteiger partial charge in [0.2, 0.25) is 5.91 Å². The summed E-state index contributed by atoms with van der Waals surface area (Å²) in [7, 11) is 0. The second kappa shape index (κ2) is 5.47. The van der Waals surface area contributed by atoms with Gasteiger partial charge in [0, 0.05) is 37.3 Å². The molecule has 20 heavy (non-hydrogen) atoms. The molecule has 2 atom stereocenters. The highest BCUT2D eigenvalue weighted by molar-refractivity contribution is 5.78. The molecule has 2 aliphatic rings. The third kappa shape index (κ3) is 2.54. The van der Waals surface area contributed by atoms with E-state index in [0.717, 1.165) is 25.9 Å². The van der Waals surface area contributed by atoms with Crippen LogP contribution in [0.1, 0.15) is 33.1 Å². The Hall–Kier alpha value is -1.51. The van der Waals surface area contributed by atoms with Crippen molar-refractivity contribution in [3.63, 3.8) is 0 Å². The monoisotopic (exact) mass is 272 g/mol. The molecule has 1 aromatic carbocycles. The Morgan fingerprint density at radius 3 is 2.30 bits per heavy atom. The van der Waals surface area contributed by atoms with Crippen LogP contribution in [0.3, 0.4) is 0 Å². The van der Waals surface area contributed by atoms with Crippen molar-refractivity contribution in [1.29, 1.82) is 0 Å². The minimum absolute atomic E-state index is 0.361. The summed E-state index contributed by atoms with van der Waals surface area (Å²) in [5.41, 5.74) is 1.29. The van der Waals surface area contributed by atoms with Crippen LogP contribution in [-0.4, -0.2) is 36.0 Å². The van der Waals surface area contributed by atoms with Crippen LogP contribution in [0, 0.1) is 5.92 Å². The van der Waals surface area contributed by atoms with Gasteiger partial charge in [-0.1, -0.05) is 32.0 Å². The third-order valence-electron chi connectivity index (χ3n) is 4.47. The molecule has 0 saturated carbocycles. The average molecular weight is 272 g/mol. The Morgan fingerprint density at radius 2 is 1.75 bits per heavy atom. The van der Waals surface area contributed by atoms with Crippen molar-refractivity contribution in [2.24, 2.45) is 5.92 Å². The number of piperazine rings is 1. The Balaban J connectivity index is 1.71. The van der Waals surface area contributed by atoms with E-state index in [1.165, 1.54) is 5.69 Å². The summed E-state index contributed by atoms with van der Waals surface area (Å²) < 4.78 is 0. The van der Waals surface area contributed by atoms with Gasteiger partial charge in [0.1, 0.15) is 0 Å². The summed E-state index contributed by atoms with van der Waals surface area (Å²) in [6.45, 7) is 6.23. The molecule has 1 amide bonds. The second-order valence-electron chi connectivity index (χ2n) is 6.52. The Bertz CT molecular complexity index is 457.